The summed E-state index contributed by atoms with van der Waals surface area (Å²) in [7, 11) is 0. The van der Waals surface area contributed by atoms with Crippen molar-refractivity contribution in [3.63, 3.8) is 0 Å². The van der Waals surface area contributed by atoms with Crippen LogP contribution in [0.3, 0.4) is 0 Å². The number of pyridine rings is 1. The Labute approximate surface area is 170 Å². The molecule has 2 atom stereocenters. The highest BCUT2D eigenvalue weighted by Gasteiger charge is 2.42. The molecule has 1 amide bonds. The first kappa shape index (κ1) is 17.9. The molecule has 2 unspecified atom stereocenters. The molecule has 29 heavy (non-hydrogen) atoms. The van der Waals surface area contributed by atoms with Gasteiger partial charge in [-0.05, 0) is 29.8 Å². The molecule has 3 heterocycles. The molecule has 0 N–H and O–H groups in total. The molecule has 146 valence electrons. The summed E-state index contributed by atoms with van der Waals surface area (Å²) in [6.07, 6.45) is 2.50. The van der Waals surface area contributed by atoms with E-state index >= 15 is 0 Å². The molecule has 2 aromatic carbocycles. The van der Waals surface area contributed by atoms with E-state index in [1.807, 2.05) is 65.6 Å². The molecule has 2 aliphatic heterocycles. The molecule has 5 rings (SSSR count). The number of carbonyl (C=O) groups excluding carboxylic acids is 1. The van der Waals surface area contributed by atoms with E-state index in [1.165, 1.54) is 0 Å². The zero-order valence-corrected chi connectivity index (χ0v) is 16.1. The van der Waals surface area contributed by atoms with Gasteiger partial charge in [-0.25, -0.2) is 0 Å². The molecule has 0 aliphatic carbocycles. The van der Waals surface area contributed by atoms with Crippen LogP contribution >= 0.6 is 0 Å². The van der Waals surface area contributed by atoms with E-state index in [9.17, 15) is 4.79 Å². The third-order valence-electron chi connectivity index (χ3n) is 5.64. The Balaban J connectivity index is 1.49. The number of aromatic nitrogens is 1. The van der Waals surface area contributed by atoms with Crippen molar-refractivity contribution in [3.05, 3.63) is 90.3 Å². The molecule has 2 aliphatic rings. The summed E-state index contributed by atoms with van der Waals surface area (Å²) < 4.78 is 6.36. The summed E-state index contributed by atoms with van der Waals surface area (Å²) >= 11 is 0. The quantitative estimate of drug-likeness (QED) is 0.688. The van der Waals surface area contributed by atoms with Crippen molar-refractivity contribution in [3.8, 4) is 5.75 Å². The predicted molar refractivity (Wildman–Crippen MR) is 112 cm³/mol. The lowest BCUT2D eigenvalue weighted by Gasteiger charge is -2.31. The van der Waals surface area contributed by atoms with E-state index < -0.39 is 0 Å². The number of ether oxygens (including phenoxy) is 1. The van der Waals surface area contributed by atoms with Gasteiger partial charge in [0.1, 0.15) is 11.9 Å². The van der Waals surface area contributed by atoms with Crippen LogP contribution in [0, 0.1) is 0 Å². The molecule has 1 saturated heterocycles. The number of anilines is 1. The topological polar surface area (TPSA) is 45.7 Å². The summed E-state index contributed by atoms with van der Waals surface area (Å²) in [4.78, 5) is 22.3. The highest BCUT2D eigenvalue weighted by Crippen LogP contribution is 2.37. The van der Waals surface area contributed by atoms with Gasteiger partial charge in [0.2, 0.25) is 5.91 Å². The van der Waals surface area contributed by atoms with Crippen LogP contribution in [0.2, 0.25) is 0 Å². The Hall–Kier alpha value is -3.18. The Morgan fingerprint density at radius 1 is 0.931 bits per heavy atom. The largest absolute Gasteiger partial charge is 0.487 e. The number of benzene rings is 2. The second-order valence-electron chi connectivity index (χ2n) is 7.62. The first-order valence-electron chi connectivity index (χ1n) is 10.0. The van der Waals surface area contributed by atoms with Gasteiger partial charge in [0.25, 0.3) is 0 Å². The van der Waals surface area contributed by atoms with Crippen LogP contribution in [0.25, 0.3) is 0 Å². The average molecular weight is 385 g/mol. The van der Waals surface area contributed by atoms with Gasteiger partial charge in [-0.3, -0.25) is 14.7 Å². The highest BCUT2D eigenvalue weighted by molar-refractivity contribution is 5.99. The minimum Gasteiger partial charge on any atom is -0.487 e. The Morgan fingerprint density at radius 3 is 2.55 bits per heavy atom. The average Bonchev–Trinajstić information content (AvgIpc) is 3.16. The smallest absolute Gasteiger partial charge is 0.244 e. The molecule has 5 nitrogen and oxygen atoms in total. The fourth-order valence-electron chi connectivity index (χ4n) is 4.27. The number of nitrogens with zero attached hydrogens (tertiary/aromatic N) is 3. The van der Waals surface area contributed by atoms with E-state index in [0.29, 0.717) is 19.5 Å². The molecule has 0 radical (unpaired) electrons. The third kappa shape index (κ3) is 3.61. The number of carbonyl (C=O) groups is 1. The zero-order valence-electron chi connectivity index (χ0n) is 16.1. The second kappa shape index (κ2) is 7.68. The van der Waals surface area contributed by atoms with E-state index in [0.717, 1.165) is 29.2 Å². The standard InChI is InChI=1S/C24H23N3O2/c28-24-22-14-20(17-26(22)16-19-10-6-7-13-25-19)29-23-12-5-4-11-21(23)27(24)15-18-8-2-1-3-9-18/h1-13,20,22H,14-17H2. The number of amides is 1. The first-order valence-corrected chi connectivity index (χ1v) is 10.0. The highest BCUT2D eigenvalue weighted by atomic mass is 16.5. The normalized spacial score (nSPS) is 21.2. The lowest BCUT2D eigenvalue weighted by atomic mass is 10.1. The van der Waals surface area contributed by atoms with Gasteiger partial charge >= 0.3 is 0 Å². The first-order chi connectivity index (χ1) is 14.3. The number of fused-ring (bicyclic) bond motifs is 3. The minimum atomic E-state index is -0.209. The molecule has 0 saturated carbocycles. The van der Waals surface area contributed by atoms with Gasteiger partial charge in [-0.1, -0.05) is 48.5 Å². The molecule has 2 bridgehead atoms. The van der Waals surface area contributed by atoms with Crippen molar-refractivity contribution in [2.75, 3.05) is 11.4 Å². The van der Waals surface area contributed by atoms with Crippen molar-refractivity contribution in [1.82, 2.24) is 9.88 Å². The fourth-order valence-corrected chi connectivity index (χ4v) is 4.27. The van der Waals surface area contributed by atoms with Crippen molar-refractivity contribution in [2.24, 2.45) is 0 Å². The number of rotatable bonds is 4. The molecule has 3 aromatic rings. The maximum atomic E-state index is 13.7. The maximum Gasteiger partial charge on any atom is 0.244 e. The van der Waals surface area contributed by atoms with Crippen molar-refractivity contribution < 1.29 is 9.53 Å². The van der Waals surface area contributed by atoms with Crippen molar-refractivity contribution in [2.45, 2.75) is 31.7 Å². The molecule has 5 heteroatoms. The van der Waals surface area contributed by atoms with Crippen LogP contribution in [-0.4, -0.2) is 34.5 Å². The van der Waals surface area contributed by atoms with Gasteiger partial charge in [0.05, 0.1) is 24.0 Å². The molecule has 1 aromatic heterocycles. The van der Waals surface area contributed by atoms with Crippen molar-refractivity contribution in [1.29, 1.82) is 0 Å². The van der Waals surface area contributed by atoms with Gasteiger partial charge in [-0.15, -0.1) is 0 Å². The minimum absolute atomic E-state index is 0.00712. The van der Waals surface area contributed by atoms with E-state index in [2.05, 4.69) is 22.0 Å². The van der Waals surface area contributed by atoms with Crippen LogP contribution in [0.1, 0.15) is 17.7 Å². The Kier molecular flexibility index (Phi) is 4.74. The Bertz CT molecular complexity index is 993. The van der Waals surface area contributed by atoms with Gasteiger partial charge in [0, 0.05) is 25.7 Å². The summed E-state index contributed by atoms with van der Waals surface area (Å²) in [6, 6.07) is 23.7. The van der Waals surface area contributed by atoms with Crippen LogP contribution in [-0.2, 0) is 17.9 Å². The van der Waals surface area contributed by atoms with Gasteiger partial charge in [-0.2, -0.15) is 0 Å². The molecular formula is C24H23N3O2. The van der Waals surface area contributed by atoms with Gasteiger partial charge < -0.3 is 9.64 Å². The summed E-state index contributed by atoms with van der Waals surface area (Å²) in [5.41, 5.74) is 2.91. The lowest BCUT2D eigenvalue weighted by Crippen LogP contribution is -2.45. The number of likely N-dealkylation sites (tertiary alicyclic amines) is 1. The number of para-hydroxylation sites is 2. The lowest BCUT2D eigenvalue weighted by molar-refractivity contribution is -0.123. The van der Waals surface area contributed by atoms with Crippen LogP contribution < -0.4 is 9.64 Å². The number of hydrogen-bond acceptors (Lipinski definition) is 4. The zero-order chi connectivity index (χ0) is 19.6. The van der Waals surface area contributed by atoms with E-state index in [4.69, 9.17) is 4.74 Å². The maximum absolute atomic E-state index is 13.7. The fraction of sp³-hybridized carbons (Fsp3) is 0.250. The van der Waals surface area contributed by atoms with E-state index in [1.54, 1.807) is 6.20 Å². The van der Waals surface area contributed by atoms with Crippen LogP contribution in [0.4, 0.5) is 5.69 Å². The van der Waals surface area contributed by atoms with Gasteiger partial charge in [0.15, 0.2) is 0 Å². The Morgan fingerprint density at radius 2 is 1.72 bits per heavy atom. The predicted octanol–water partition coefficient (Wildman–Crippen LogP) is 3.65. The van der Waals surface area contributed by atoms with Crippen LogP contribution in [0.15, 0.2) is 79.0 Å². The number of hydrogen-bond donors (Lipinski definition) is 0. The monoisotopic (exact) mass is 385 g/mol. The SMILES string of the molecule is O=C1C2CC(CN2Cc2ccccn2)Oc2ccccc2N1Cc1ccccc1. The molecular weight excluding hydrogens is 362 g/mol. The van der Waals surface area contributed by atoms with Crippen LogP contribution in [0.5, 0.6) is 5.75 Å². The third-order valence-corrected chi connectivity index (χ3v) is 5.64. The van der Waals surface area contributed by atoms with E-state index in [-0.39, 0.29) is 18.1 Å². The second-order valence-corrected chi connectivity index (χ2v) is 7.62. The molecule has 1 fully saturated rings. The summed E-state index contributed by atoms with van der Waals surface area (Å²) in [5.74, 6) is 0.906. The summed E-state index contributed by atoms with van der Waals surface area (Å²) in [5, 5.41) is 0. The van der Waals surface area contributed by atoms with Crippen molar-refractivity contribution >= 4 is 11.6 Å². The molecule has 0 spiro atoms. The summed E-state index contributed by atoms with van der Waals surface area (Å²) in [6.45, 7) is 1.89.